The maximum Gasteiger partial charge on any atom is 0.229 e. The lowest BCUT2D eigenvalue weighted by molar-refractivity contribution is 0.298. The lowest BCUT2D eigenvalue weighted by Crippen LogP contribution is -2.41. The highest BCUT2D eigenvalue weighted by atomic mass is 32.2. The molecule has 308 valence electrons. The Morgan fingerprint density at radius 1 is 0.621 bits per heavy atom. The van der Waals surface area contributed by atoms with E-state index in [1.807, 2.05) is 123 Å². The third-order valence-corrected chi connectivity index (χ3v) is 10.9. The Labute approximate surface area is 341 Å². The number of aromatic nitrogens is 2. The molecule has 0 saturated carbocycles. The van der Waals surface area contributed by atoms with Gasteiger partial charge >= 0.3 is 0 Å². The molecule has 2 aromatic heterocycles. The maximum absolute atomic E-state index is 14.5. The van der Waals surface area contributed by atoms with E-state index in [1.54, 1.807) is 0 Å². The molecule has 58 heavy (non-hydrogen) atoms. The lowest BCUT2D eigenvalue weighted by atomic mass is 9.84. The summed E-state index contributed by atoms with van der Waals surface area (Å²) in [4.78, 5) is 9.06. The number of nitrogens with two attached hydrogens (primary N) is 1. The molecule has 3 unspecified atom stereocenters. The number of halogens is 4. The van der Waals surface area contributed by atoms with Crippen LogP contribution in [-0.2, 0) is 23.8 Å². The van der Waals surface area contributed by atoms with Crippen LogP contribution in [-0.4, -0.2) is 18.9 Å². The Morgan fingerprint density at radius 2 is 1.03 bits per heavy atom. The topological polar surface area (TPSA) is 107 Å². The number of hydrogen-bond acceptors (Lipinski definition) is 6. The first-order chi connectivity index (χ1) is 27.1. The van der Waals surface area contributed by atoms with Gasteiger partial charge in [-0.1, -0.05) is 102 Å². The van der Waals surface area contributed by atoms with E-state index in [0.717, 1.165) is 47.5 Å². The van der Waals surface area contributed by atoms with E-state index < -0.39 is 51.1 Å². The predicted molar refractivity (Wildman–Crippen MR) is 222 cm³/mol. The molecule has 0 spiro atoms. The fraction of sp³-hybridized carbons (Fsp3) is 0.348. The monoisotopic (exact) mass is 816 g/mol. The van der Waals surface area contributed by atoms with Crippen molar-refractivity contribution in [3.63, 3.8) is 0 Å². The van der Waals surface area contributed by atoms with Crippen LogP contribution in [0.4, 0.5) is 17.6 Å². The van der Waals surface area contributed by atoms with E-state index >= 15 is 0 Å². The zero-order valence-corrected chi connectivity index (χ0v) is 35.2. The minimum atomic E-state index is -1.38. The minimum absolute atomic E-state index is 0.000483. The lowest BCUT2D eigenvalue weighted by Gasteiger charge is -2.32. The Morgan fingerprint density at radius 3 is 1.43 bits per heavy atom. The number of nitrogens with one attached hydrogen (secondary N) is 1. The molecule has 4 aromatic carbocycles. The van der Waals surface area contributed by atoms with Gasteiger partial charge in [0.05, 0.1) is 38.9 Å². The fourth-order valence-corrected chi connectivity index (χ4v) is 6.93. The van der Waals surface area contributed by atoms with E-state index in [-0.39, 0.29) is 33.7 Å². The summed E-state index contributed by atoms with van der Waals surface area (Å²) in [5.74, 6) is -1.21. The molecule has 3 N–H and O–H groups in total. The molecule has 0 radical (unpaired) electrons. The van der Waals surface area contributed by atoms with Crippen molar-refractivity contribution in [2.75, 3.05) is 0 Å². The van der Waals surface area contributed by atoms with E-state index in [9.17, 15) is 21.8 Å². The molecular formula is C46H52F4N4O3S. The standard InChI is InChI=1S/C25H30F2N2O2S.C21H22F2N2O/c1-24(2,3)22(29-32(30)25(4,5)6)21-20(14-16-10-8-7-9-11-16)31-23(28-21)18-15-17(26)12-13-19(18)27;1-21(2,3)19(24)18-17(11-13-7-5-4-6-8-13)26-20(25-18)15-12-14(22)9-10-16(15)23/h7-13,15,22,29H,14H2,1-6H3;4-10,12,19H,11,24H2,1-3H3. The van der Waals surface area contributed by atoms with E-state index in [0.29, 0.717) is 35.7 Å². The van der Waals surface area contributed by atoms with Gasteiger partial charge in [0.2, 0.25) is 11.8 Å². The summed E-state index contributed by atoms with van der Waals surface area (Å²) in [6.07, 6.45) is 0.889. The Hall–Kier alpha value is -4.91. The number of hydrogen-bond donors (Lipinski definition) is 2. The largest absolute Gasteiger partial charge is 0.440 e. The van der Waals surface area contributed by atoms with Crippen LogP contribution in [0.5, 0.6) is 0 Å². The number of rotatable bonds is 10. The van der Waals surface area contributed by atoms with Crippen molar-refractivity contribution in [2.45, 2.75) is 92.0 Å². The number of oxazole rings is 2. The average Bonchev–Trinajstić information content (AvgIpc) is 3.76. The summed E-state index contributed by atoms with van der Waals surface area (Å²) in [6, 6.07) is 25.0. The van der Waals surface area contributed by atoms with Gasteiger partial charge in [-0.15, -0.1) is 0 Å². The van der Waals surface area contributed by atoms with Gasteiger partial charge in [0.15, 0.2) is 0 Å². The first-order valence-corrected chi connectivity index (χ1v) is 20.2. The molecule has 12 heteroatoms. The van der Waals surface area contributed by atoms with Crippen LogP contribution in [0.15, 0.2) is 106 Å². The summed E-state index contributed by atoms with van der Waals surface area (Å²) in [5.41, 5.74) is 8.81. The van der Waals surface area contributed by atoms with Gasteiger partial charge in [-0.05, 0) is 79.1 Å². The summed E-state index contributed by atoms with van der Waals surface area (Å²) >= 11 is 0. The van der Waals surface area contributed by atoms with Crippen LogP contribution in [0.25, 0.3) is 22.9 Å². The van der Waals surface area contributed by atoms with Gasteiger partial charge in [0.1, 0.15) is 46.2 Å². The number of nitrogens with zero attached hydrogens (tertiary/aromatic N) is 2. The highest BCUT2D eigenvalue weighted by Gasteiger charge is 2.36. The molecule has 0 aliphatic carbocycles. The highest BCUT2D eigenvalue weighted by Crippen LogP contribution is 2.39. The summed E-state index contributed by atoms with van der Waals surface area (Å²) in [6.45, 7) is 17.7. The SMILES string of the molecule is CC(C)(C)C(N)c1nc(-c2cc(F)ccc2F)oc1Cc1ccccc1.CC(C)(C)C(NS(=O)C(C)(C)C)c1nc(-c2cc(F)ccc2F)oc1Cc1ccccc1. The van der Waals surface area contributed by atoms with Gasteiger partial charge in [-0.3, -0.25) is 0 Å². The van der Waals surface area contributed by atoms with Crippen molar-refractivity contribution in [1.82, 2.24) is 14.7 Å². The summed E-state index contributed by atoms with van der Waals surface area (Å²) in [7, 11) is -1.38. The molecule has 6 aromatic rings. The Kier molecular flexibility index (Phi) is 13.7. The van der Waals surface area contributed by atoms with E-state index in [2.05, 4.69) is 14.7 Å². The molecule has 0 aliphatic rings. The van der Waals surface area contributed by atoms with Crippen LogP contribution in [0.3, 0.4) is 0 Å². The first-order valence-electron chi connectivity index (χ1n) is 19.0. The van der Waals surface area contributed by atoms with Crippen molar-refractivity contribution in [1.29, 1.82) is 0 Å². The van der Waals surface area contributed by atoms with Crippen molar-refractivity contribution in [3.05, 3.63) is 154 Å². The first kappa shape index (κ1) is 44.2. The van der Waals surface area contributed by atoms with Crippen LogP contribution in [0.2, 0.25) is 0 Å². The molecule has 0 amide bonds. The van der Waals surface area contributed by atoms with Gasteiger partial charge in [0, 0.05) is 12.8 Å². The van der Waals surface area contributed by atoms with Crippen LogP contribution in [0, 0.1) is 34.1 Å². The molecule has 3 atom stereocenters. The molecule has 0 saturated heterocycles. The summed E-state index contributed by atoms with van der Waals surface area (Å²) < 4.78 is 83.7. The average molecular weight is 817 g/mol. The zero-order valence-electron chi connectivity index (χ0n) is 34.4. The second kappa shape index (κ2) is 17.9. The Balaban J connectivity index is 0.000000226. The van der Waals surface area contributed by atoms with Gasteiger partial charge in [-0.25, -0.2) is 36.5 Å². The number of benzene rings is 4. The van der Waals surface area contributed by atoms with Crippen LogP contribution < -0.4 is 10.5 Å². The fourth-order valence-electron chi connectivity index (χ4n) is 5.90. The molecule has 6 rings (SSSR count). The maximum atomic E-state index is 14.5. The van der Waals surface area contributed by atoms with Crippen molar-refractivity contribution in [2.24, 2.45) is 16.6 Å². The van der Waals surface area contributed by atoms with Gasteiger partial charge < -0.3 is 14.6 Å². The smallest absolute Gasteiger partial charge is 0.229 e. The zero-order chi connectivity index (χ0) is 42.6. The minimum Gasteiger partial charge on any atom is -0.440 e. The molecular weight excluding hydrogens is 765 g/mol. The second-order valence-electron chi connectivity index (χ2n) is 17.4. The van der Waals surface area contributed by atoms with Crippen LogP contribution >= 0.6 is 0 Å². The summed E-state index contributed by atoms with van der Waals surface area (Å²) in [5, 5.41) is 0. The van der Waals surface area contributed by atoms with Crippen molar-refractivity contribution >= 4 is 11.0 Å². The quantitative estimate of drug-likeness (QED) is 0.133. The van der Waals surface area contributed by atoms with E-state index in [1.165, 1.54) is 0 Å². The molecule has 0 bridgehead atoms. The van der Waals surface area contributed by atoms with Crippen molar-refractivity contribution in [3.8, 4) is 22.9 Å². The predicted octanol–water partition coefficient (Wildman–Crippen LogP) is 11.6. The molecule has 7 nitrogen and oxygen atoms in total. The third kappa shape index (κ3) is 11.2. The van der Waals surface area contributed by atoms with E-state index in [4.69, 9.17) is 14.6 Å². The molecule has 2 heterocycles. The molecule has 0 fully saturated rings. The Bertz CT molecular complexity index is 2330. The highest BCUT2D eigenvalue weighted by molar-refractivity contribution is 7.84. The van der Waals surface area contributed by atoms with Crippen molar-refractivity contribution < 1.29 is 30.6 Å². The second-order valence-corrected chi connectivity index (χ2v) is 19.4. The van der Waals surface area contributed by atoms with Crippen LogP contribution in [0.1, 0.15) is 108 Å². The third-order valence-electron chi connectivity index (χ3n) is 9.34. The normalized spacial score (nSPS) is 13.8. The van der Waals surface area contributed by atoms with Gasteiger partial charge in [0.25, 0.3) is 0 Å². The van der Waals surface area contributed by atoms with Gasteiger partial charge in [-0.2, -0.15) is 0 Å². The molecule has 0 aliphatic heterocycles.